The van der Waals surface area contributed by atoms with Gasteiger partial charge in [-0.05, 0) is 28.3 Å². The molecule has 158 valence electrons. The zero-order valence-corrected chi connectivity index (χ0v) is 17.4. The molecule has 2 heterocycles. The molecule has 0 atom stereocenters. The topological polar surface area (TPSA) is 111 Å². The average Bonchev–Trinajstić information content (AvgIpc) is 3.44. The van der Waals surface area contributed by atoms with E-state index in [4.69, 9.17) is 0 Å². The van der Waals surface area contributed by atoms with Crippen LogP contribution in [0.1, 0.15) is 42.9 Å². The molecule has 0 radical (unpaired) electrons. The Bertz CT molecular complexity index is 1240. The van der Waals surface area contributed by atoms with E-state index in [9.17, 15) is 9.59 Å². The van der Waals surface area contributed by atoms with Gasteiger partial charge in [0.25, 0.3) is 5.91 Å². The third-order valence-electron chi connectivity index (χ3n) is 5.07. The second-order valence-electron chi connectivity index (χ2n) is 7.17. The third-order valence-corrected chi connectivity index (χ3v) is 5.07. The summed E-state index contributed by atoms with van der Waals surface area (Å²) in [5, 5.41) is 18.6. The Hall–Kier alpha value is -3.88. The highest BCUT2D eigenvalue weighted by atomic mass is 16.2. The molecule has 0 spiro atoms. The van der Waals surface area contributed by atoms with Crippen LogP contribution in [0.4, 0.5) is 0 Å². The fourth-order valence-electron chi connectivity index (χ4n) is 3.49. The number of aryl methyl sites for hydroxylation is 1. The third kappa shape index (κ3) is 4.07. The van der Waals surface area contributed by atoms with Crippen LogP contribution in [0.5, 0.6) is 0 Å². The summed E-state index contributed by atoms with van der Waals surface area (Å²) < 4.78 is 2.57. The van der Waals surface area contributed by atoms with Gasteiger partial charge < -0.3 is 0 Å². The van der Waals surface area contributed by atoms with Crippen LogP contribution >= 0.6 is 0 Å². The van der Waals surface area contributed by atoms with Crippen molar-refractivity contribution in [2.75, 3.05) is 0 Å². The normalized spacial score (nSPS) is 11.0. The van der Waals surface area contributed by atoms with Gasteiger partial charge in [-0.3, -0.25) is 9.36 Å². The predicted molar refractivity (Wildman–Crippen MR) is 116 cm³/mol. The van der Waals surface area contributed by atoms with Crippen LogP contribution in [0.2, 0.25) is 0 Å². The number of carbonyl (C=O) groups excluding carboxylic acids is 1. The molecule has 9 nitrogen and oxygen atoms in total. The number of carbonyl (C=O) groups is 1. The molecule has 0 fully saturated rings. The summed E-state index contributed by atoms with van der Waals surface area (Å²) in [6.07, 6.45) is 1.70. The number of nitrogens with zero attached hydrogens (tertiary/aromatic N) is 6. The van der Waals surface area contributed by atoms with Crippen LogP contribution in [0.25, 0.3) is 22.5 Å². The maximum Gasteiger partial charge on any atom is 0.353 e. The number of H-pyrrole nitrogens is 1. The van der Waals surface area contributed by atoms with Crippen LogP contribution < -0.4 is 5.69 Å². The molecule has 0 aliphatic carbocycles. The molecule has 9 heteroatoms. The Kier molecular flexibility index (Phi) is 5.83. The highest BCUT2D eigenvalue weighted by Gasteiger charge is 2.17. The number of rotatable bonds is 7. The SMILES string of the molecule is CCCc1nn(C(=O)CC)c(=O)n1Cc1ccc(-c2ccccc2-c2nn[nH]n2)cc1. The van der Waals surface area contributed by atoms with E-state index >= 15 is 0 Å². The molecule has 0 amide bonds. The summed E-state index contributed by atoms with van der Waals surface area (Å²) in [4.78, 5) is 24.8. The molecule has 0 aliphatic heterocycles. The van der Waals surface area contributed by atoms with Crippen LogP contribution in [-0.4, -0.2) is 40.9 Å². The highest BCUT2D eigenvalue weighted by Crippen LogP contribution is 2.29. The molecule has 4 aromatic rings. The van der Waals surface area contributed by atoms with Crippen molar-refractivity contribution in [2.24, 2.45) is 0 Å². The van der Waals surface area contributed by atoms with Gasteiger partial charge in [0.2, 0.25) is 5.82 Å². The summed E-state index contributed by atoms with van der Waals surface area (Å²) in [7, 11) is 0. The fourth-order valence-corrected chi connectivity index (χ4v) is 3.49. The molecule has 31 heavy (non-hydrogen) atoms. The summed E-state index contributed by atoms with van der Waals surface area (Å²) >= 11 is 0. The van der Waals surface area contributed by atoms with E-state index < -0.39 is 0 Å². The average molecular weight is 417 g/mol. The lowest BCUT2D eigenvalue weighted by atomic mass is 9.98. The van der Waals surface area contributed by atoms with Crippen molar-refractivity contribution in [1.82, 2.24) is 35.0 Å². The van der Waals surface area contributed by atoms with Gasteiger partial charge in [0.1, 0.15) is 5.82 Å². The Morgan fingerprint density at radius 2 is 1.77 bits per heavy atom. The standard InChI is InChI=1S/C22H23N7O2/c1-3-7-19-25-29(20(30)4-2)22(31)28(19)14-15-10-12-16(13-11-15)17-8-5-6-9-18(17)21-23-26-27-24-21/h5-6,8-13H,3-4,7,14H2,1-2H3,(H,23,24,26,27). The van der Waals surface area contributed by atoms with Gasteiger partial charge in [-0.2, -0.15) is 5.21 Å². The lowest BCUT2D eigenvalue weighted by Crippen LogP contribution is -2.30. The van der Waals surface area contributed by atoms with Crippen LogP contribution in [0, 0.1) is 0 Å². The lowest BCUT2D eigenvalue weighted by molar-refractivity contribution is 0.0887. The molecule has 1 N–H and O–H groups in total. The first kappa shape index (κ1) is 20.4. The number of benzene rings is 2. The van der Waals surface area contributed by atoms with Crippen molar-refractivity contribution < 1.29 is 4.79 Å². The first-order chi connectivity index (χ1) is 15.1. The largest absolute Gasteiger partial charge is 0.353 e. The monoisotopic (exact) mass is 417 g/mol. The van der Waals surface area contributed by atoms with Gasteiger partial charge in [0.15, 0.2) is 0 Å². The number of nitrogens with one attached hydrogen (secondary N) is 1. The molecule has 2 aromatic carbocycles. The zero-order chi connectivity index (χ0) is 21.8. The zero-order valence-electron chi connectivity index (χ0n) is 17.4. The van der Waals surface area contributed by atoms with E-state index in [1.165, 1.54) is 0 Å². The molecule has 0 saturated carbocycles. The van der Waals surface area contributed by atoms with Crippen molar-refractivity contribution in [3.63, 3.8) is 0 Å². The Morgan fingerprint density at radius 3 is 2.42 bits per heavy atom. The van der Waals surface area contributed by atoms with E-state index in [1.807, 2.05) is 55.5 Å². The summed E-state index contributed by atoms with van der Waals surface area (Å²) in [5.41, 5.74) is 3.43. The number of aromatic amines is 1. The Labute approximate surface area is 178 Å². The first-order valence-electron chi connectivity index (χ1n) is 10.3. The van der Waals surface area contributed by atoms with Crippen molar-refractivity contribution in [1.29, 1.82) is 0 Å². The Morgan fingerprint density at radius 1 is 1.03 bits per heavy atom. The summed E-state index contributed by atoms with van der Waals surface area (Å²) in [6.45, 7) is 4.10. The summed E-state index contributed by atoms with van der Waals surface area (Å²) in [5.74, 6) is 0.860. The van der Waals surface area contributed by atoms with E-state index in [0.717, 1.165) is 33.4 Å². The van der Waals surface area contributed by atoms with Crippen molar-refractivity contribution in [3.8, 4) is 22.5 Å². The van der Waals surface area contributed by atoms with Crippen molar-refractivity contribution >= 4 is 5.91 Å². The minimum atomic E-state index is -0.387. The van der Waals surface area contributed by atoms with Gasteiger partial charge >= 0.3 is 5.69 Å². The second-order valence-corrected chi connectivity index (χ2v) is 7.17. The predicted octanol–water partition coefficient (Wildman–Crippen LogP) is 2.94. The van der Waals surface area contributed by atoms with Gasteiger partial charge in [0, 0.05) is 18.4 Å². The van der Waals surface area contributed by atoms with Crippen LogP contribution in [0.15, 0.2) is 53.3 Å². The van der Waals surface area contributed by atoms with Crippen LogP contribution in [-0.2, 0) is 13.0 Å². The molecule has 0 bridgehead atoms. The highest BCUT2D eigenvalue weighted by molar-refractivity contribution is 5.80. The minimum absolute atomic E-state index is 0.233. The van der Waals surface area contributed by atoms with E-state index in [1.54, 1.807) is 11.5 Å². The fraction of sp³-hybridized carbons (Fsp3) is 0.273. The second kappa shape index (κ2) is 8.86. The Balaban J connectivity index is 1.65. The van der Waals surface area contributed by atoms with Gasteiger partial charge in [0.05, 0.1) is 6.54 Å². The first-order valence-corrected chi connectivity index (χ1v) is 10.3. The minimum Gasteiger partial charge on any atom is -0.274 e. The number of hydrogen-bond acceptors (Lipinski definition) is 6. The maximum atomic E-state index is 12.8. The van der Waals surface area contributed by atoms with Crippen LogP contribution in [0.3, 0.4) is 0 Å². The quantitative estimate of drug-likeness (QED) is 0.495. The van der Waals surface area contributed by atoms with E-state index in [-0.39, 0.29) is 18.0 Å². The van der Waals surface area contributed by atoms with Gasteiger partial charge in [-0.25, -0.2) is 4.79 Å². The maximum absolute atomic E-state index is 12.8. The van der Waals surface area contributed by atoms with Crippen molar-refractivity contribution in [2.45, 2.75) is 39.7 Å². The number of aromatic nitrogens is 7. The molecule has 4 rings (SSSR count). The lowest BCUT2D eigenvalue weighted by Gasteiger charge is -2.09. The van der Waals surface area contributed by atoms with Gasteiger partial charge in [-0.15, -0.1) is 20.0 Å². The molecular weight excluding hydrogens is 394 g/mol. The number of tetrazole rings is 1. The molecular formula is C22H23N7O2. The van der Waals surface area contributed by atoms with E-state index in [0.29, 0.717) is 24.6 Å². The molecule has 0 aliphatic rings. The molecule has 0 unspecified atom stereocenters. The smallest absolute Gasteiger partial charge is 0.274 e. The summed E-state index contributed by atoms with van der Waals surface area (Å²) in [6, 6.07) is 15.8. The van der Waals surface area contributed by atoms with E-state index in [2.05, 4.69) is 25.7 Å². The molecule has 2 aromatic heterocycles. The van der Waals surface area contributed by atoms with Crippen molar-refractivity contribution in [3.05, 3.63) is 70.4 Å². The van der Waals surface area contributed by atoms with Gasteiger partial charge in [-0.1, -0.05) is 62.4 Å². The number of hydrogen-bond donors (Lipinski definition) is 1. The molecule has 0 saturated heterocycles.